The van der Waals surface area contributed by atoms with Crippen LogP contribution in [0.4, 0.5) is 11.4 Å². The Kier molecular flexibility index (Phi) is 5.90. The molecular weight excluding hydrogens is 332 g/mol. The summed E-state index contributed by atoms with van der Waals surface area (Å²) < 4.78 is 0. The molecule has 0 spiro atoms. The Morgan fingerprint density at radius 3 is 1.50 bits per heavy atom. The van der Waals surface area contributed by atoms with Gasteiger partial charge in [-0.1, -0.05) is 24.3 Å². The van der Waals surface area contributed by atoms with Crippen molar-refractivity contribution in [3.05, 3.63) is 48.5 Å². The maximum absolute atomic E-state index is 9.61. The van der Waals surface area contributed by atoms with Crippen LogP contribution in [0.25, 0.3) is 21.5 Å². The molecule has 3 aromatic carbocycles. The lowest BCUT2D eigenvalue weighted by atomic mass is 10.0. The van der Waals surface area contributed by atoms with Crippen LogP contribution in [-0.4, -0.2) is 58.9 Å². The minimum Gasteiger partial charge on any atom is -0.394 e. The van der Waals surface area contributed by atoms with Crippen LogP contribution in [0.2, 0.25) is 0 Å². The average molecular weight is 356 g/mol. The van der Waals surface area contributed by atoms with E-state index in [1.165, 1.54) is 0 Å². The van der Waals surface area contributed by atoms with Crippen molar-refractivity contribution < 1.29 is 20.4 Å². The molecule has 26 heavy (non-hydrogen) atoms. The van der Waals surface area contributed by atoms with Gasteiger partial charge >= 0.3 is 0 Å². The first-order valence-electron chi connectivity index (χ1n) is 8.63. The van der Waals surface area contributed by atoms with E-state index in [0.29, 0.717) is 0 Å². The van der Waals surface area contributed by atoms with E-state index in [0.717, 1.165) is 32.9 Å². The van der Waals surface area contributed by atoms with Gasteiger partial charge in [-0.2, -0.15) is 0 Å². The molecule has 0 aliphatic rings. The van der Waals surface area contributed by atoms with Gasteiger partial charge in [-0.05, 0) is 35.0 Å². The van der Waals surface area contributed by atoms with Gasteiger partial charge in [0, 0.05) is 35.2 Å². The summed E-state index contributed by atoms with van der Waals surface area (Å²) in [6.07, 6.45) is -1.66. The molecule has 0 aliphatic heterocycles. The van der Waals surface area contributed by atoms with Crippen LogP contribution in [0.5, 0.6) is 0 Å². The lowest BCUT2D eigenvalue weighted by molar-refractivity contribution is 0.105. The molecule has 2 atom stereocenters. The highest BCUT2D eigenvalue weighted by molar-refractivity contribution is 6.08. The molecule has 0 bridgehead atoms. The summed E-state index contributed by atoms with van der Waals surface area (Å²) in [5, 5.41) is 47.7. The monoisotopic (exact) mass is 356 g/mol. The van der Waals surface area contributed by atoms with Crippen LogP contribution in [0.3, 0.4) is 0 Å². The maximum Gasteiger partial charge on any atom is 0.0942 e. The van der Waals surface area contributed by atoms with E-state index < -0.39 is 12.2 Å². The molecule has 138 valence electrons. The highest BCUT2D eigenvalue weighted by Gasteiger charge is 2.10. The smallest absolute Gasteiger partial charge is 0.0942 e. The summed E-state index contributed by atoms with van der Waals surface area (Å²) in [5.41, 5.74) is 1.71. The Bertz CT molecular complexity index is 812. The van der Waals surface area contributed by atoms with Gasteiger partial charge in [-0.25, -0.2) is 0 Å². The van der Waals surface area contributed by atoms with E-state index in [-0.39, 0.29) is 26.3 Å². The van der Waals surface area contributed by atoms with Gasteiger partial charge < -0.3 is 31.1 Å². The number of hydrogen-bond acceptors (Lipinski definition) is 6. The van der Waals surface area contributed by atoms with Crippen molar-refractivity contribution in [3.8, 4) is 0 Å². The third kappa shape index (κ3) is 4.05. The predicted octanol–water partition coefficient (Wildman–Crippen LogP) is 1.52. The summed E-state index contributed by atoms with van der Waals surface area (Å²) in [7, 11) is 0. The Morgan fingerprint density at radius 2 is 1.12 bits per heavy atom. The molecule has 0 radical (unpaired) electrons. The van der Waals surface area contributed by atoms with Crippen molar-refractivity contribution in [1.29, 1.82) is 0 Å². The standard InChI is InChI=1S/C20H24N2O4/c23-11-15(25)9-21-19-5-6-20(22-10-16(26)12-24)18-8-14-4-2-1-3-13(14)7-17(18)19/h1-8,15-16,21-26H,9-12H2. The number of hydrogen-bond donors (Lipinski definition) is 6. The molecule has 6 nitrogen and oxygen atoms in total. The Hall–Kier alpha value is -2.38. The van der Waals surface area contributed by atoms with Crippen LogP contribution >= 0.6 is 0 Å². The largest absolute Gasteiger partial charge is 0.394 e. The van der Waals surface area contributed by atoms with Crippen LogP contribution in [0.15, 0.2) is 48.5 Å². The quantitative estimate of drug-likeness (QED) is 0.342. The normalized spacial score (nSPS) is 13.7. The van der Waals surface area contributed by atoms with Gasteiger partial charge in [0.25, 0.3) is 0 Å². The molecule has 0 aliphatic carbocycles. The number of fused-ring (bicyclic) bond motifs is 2. The molecule has 0 amide bonds. The topological polar surface area (TPSA) is 105 Å². The van der Waals surface area contributed by atoms with Gasteiger partial charge in [0.05, 0.1) is 25.4 Å². The second-order valence-electron chi connectivity index (χ2n) is 6.34. The molecular formula is C20H24N2O4. The zero-order valence-electron chi connectivity index (χ0n) is 14.4. The SMILES string of the molecule is OCC(O)CNc1ccc(NCC(O)CO)c2cc3ccccc3cc12. The fraction of sp³-hybridized carbons (Fsp3) is 0.300. The number of anilines is 2. The molecule has 3 rings (SSSR count). The van der Waals surface area contributed by atoms with Crippen molar-refractivity contribution in [3.63, 3.8) is 0 Å². The predicted molar refractivity (Wildman–Crippen MR) is 105 cm³/mol. The van der Waals surface area contributed by atoms with E-state index in [1.807, 2.05) is 36.4 Å². The van der Waals surface area contributed by atoms with Crippen molar-refractivity contribution in [2.24, 2.45) is 0 Å². The molecule has 0 aromatic heterocycles. The van der Waals surface area contributed by atoms with Crippen LogP contribution in [0, 0.1) is 0 Å². The Labute approximate surface area is 151 Å². The first-order chi connectivity index (χ1) is 12.6. The zero-order valence-corrected chi connectivity index (χ0v) is 14.4. The summed E-state index contributed by atoms with van der Waals surface area (Å²) in [4.78, 5) is 0. The van der Waals surface area contributed by atoms with Crippen molar-refractivity contribution >= 4 is 32.9 Å². The summed E-state index contributed by atoms with van der Waals surface area (Å²) in [5.74, 6) is 0. The lowest BCUT2D eigenvalue weighted by Gasteiger charge is -2.17. The van der Waals surface area contributed by atoms with Gasteiger partial charge in [-0.3, -0.25) is 0 Å². The van der Waals surface area contributed by atoms with E-state index in [2.05, 4.69) is 22.8 Å². The maximum atomic E-state index is 9.61. The molecule has 0 saturated heterocycles. The van der Waals surface area contributed by atoms with Gasteiger partial charge in [0.15, 0.2) is 0 Å². The number of benzene rings is 3. The first kappa shape index (κ1) is 18.4. The fourth-order valence-corrected chi connectivity index (χ4v) is 2.93. The third-order valence-electron chi connectivity index (χ3n) is 4.36. The molecule has 3 aromatic rings. The van der Waals surface area contributed by atoms with Gasteiger partial charge in [0.1, 0.15) is 0 Å². The first-order valence-corrected chi connectivity index (χ1v) is 8.63. The third-order valence-corrected chi connectivity index (χ3v) is 4.36. The van der Waals surface area contributed by atoms with E-state index in [9.17, 15) is 10.2 Å². The number of rotatable bonds is 8. The summed E-state index contributed by atoms with van der Waals surface area (Å²) in [6.45, 7) is -0.109. The van der Waals surface area contributed by atoms with Crippen LogP contribution in [0.1, 0.15) is 0 Å². The molecule has 0 saturated carbocycles. The molecule has 6 N–H and O–H groups in total. The van der Waals surface area contributed by atoms with Crippen molar-refractivity contribution in [2.75, 3.05) is 36.9 Å². The fourth-order valence-electron chi connectivity index (χ4n) is 2.93. The van der Waals surface area contributed by atoms with E-state index in [1.54, 1.807) is 0 Å². The summed E-state index contributed by atoms with van der Waals surface area (Å²) in [6, 6.07) is 16.0. The molecule has 0 fully saturated rings. The summed E-state index contributed by atoms with van der Waals surface area (Å²) >= 11 is 0. The van der Waals surface area contributed by atoms with Crippen LogP contribution in [-0.2, 0) is 0 Å². The highest BCUT2D eigenvalue weighted by Crippen LogP contribution is 2.33. The van der Waals surface area contributed by atoms with Crippen molar-refractivity contribution in [2.45, 2.75) is 12.2 Å². The zero-order chi connectivity index (χ0) is 18.5. The average Bonchev–Trinajstić information content (AvgIpc) is 2.68. The second kappa shape index (κ2) is 8.33. The number of aliphatic hydroxyl groups is 4. The number of nitrogens with one attached hydrogen (secondary N) is 2. The van der Waals surface area contributed by atoms with Gasteiger partial charge in [-0.15, -0.1) is 0 Å². The van der Waals surface area contributed by atoms with E-state index >= 15 is 0 Å². The minimum absolute atomic E-state index is 0.244. The number of aliphatic hydroxyl groups excluding tert-OH is 4. The molecule has 6 heteroatoms. The molecule has 0 heterocycles. The minimum atomic E-state index is -0.831. The lowest BCUT2D eigenvalue weighted by Crippen LogP contribution is -2.23. The van der Waals surface area contributed by atoms with Gasteiger partial charge in [0.2, 0.25) is 0 Å². The second-order valence-corrected chi connectivity index (χ2v) is 6.34. The van der Waals surface area contributed by atoms with Crippen LogP contribution < -0.4 is 10.6 Å². The molecule has 2 unspecified atom stereocenters. The highest BCUT2D eigenvalue weighted by atomic mass is 16.3. The Balaban J connectivity index is 2.04. The van der Waals surface area contributed by atoms with E-state index in [4.69, 9.17) is 10.2 Å². The van der Waals surface area contributed by atoms with Crippen molar-refractivity contribution in [1.82, 2.24) is 0 Å². The Morgan fingerprint density at radius 1 is 0.692 bits per heavy atom.